The second kappa shape index (κ2) is 10.2. The van der Waals surface area contributed by atoms with Gasteiger partial charge in [0.05, 0.1) is 29.0 Å². The molecule has 0 aromatic heterocycles. The minimum absolute atomic E-state index is 0.0391. The number of rotatable bonds is 7. The Morgan fingerprint density at radius 3 is 2.69 bits per heavy atom. The summed E-state index contributed by atoms with van der Waals surface area (Å²) in [6.45, 7) is 10.5. The van der Waals surface area contributed by atoms with Crippen molar-refractivity contribution in [2.75, 3.05) is 12.3 Å². The van der Waals surface area contributed by atoms with Crippen LogP contribution in [-0.2, 0) is 28.4 Å². The summed E-state index contributed by atoms with van der Waals surface area (Å²) in [4.78, 5) is 14.1. The highest BCUT2D eigenvalue weighted by Gasteiger charge is 2.50. The van der Waals surface area contributed by atoms with Gasteiger partial charge >= 0.3 is 0 Å². The van der Waals surface area contributed by atoms with E-state index in [4.69, 9.17) is 13.8 Å². The predicted molar refractivity (Wildman–Crippen MR) is 136 cm³/mol. The monoisotopic (exact) mass is 535 g/mol. The van der Waals surface area contributed by atoms with Crippen LogP contribution in [0, 0.1) is 6.92 Å². The van der Waals surface area contributed by atoms with E-state index in [0.717, 1.165) is 31.4 Å². The van der Waals surface area contributed by atoms with E-state index in [1.807, 2.05) is 24.0 Å². The molecule has 5 rings (SSSR count). The van der Waals surface area contributed by atoms with Crippen molar-refractivity contribution in [2.45, 2.75) is 81.9 Å². The van der Waals surface area contributed by atoms with Crippen LogP contribution in [0.1, 0.15) is 45.1 Å². The van der Waals surface area contributed by atoms with Gasteiger partial charge in [-0.05, 0) is 45.2 Å². The molecule has 0 bridgehead atoms. The second-order valence-corrected chi connectivity index (χ2v) is 13.3. The van der Waals surface area contributed by atoms with Crippen LogP contribution in [0.5, 0.6) is 0 Å². The van der Waals surface area contributed by atoms with Crippen LogP contribution in [0.15, 0.2) is 53.3 Å². The van der Waals surface area contributed by atoms with E-state index in [1.165, 1.54) is 0 Å². The van der Waals surface area contributed by atoms with Crippen molar-refractivity contribution >= 4 is 24.3 Å². The first kappa shape index (κ1) is 25.8. The van der Waals surface area contributed by atoms with Gasteiger partial charge in [-0.1, -0.05) is 31.2 Å². The number of nitrogens with zero attached hydrogens (tertiary/aromatic N) is 2. The van der Waals surface area contributed by atoms with E-state index in [0.29, 0.717) is 22.7 Å². The number of nitrogens with one attached hydrogen (secondary N) is 1. The molecular formula is C25H34N3O6PS. The highest BCUT2D eigenvalue weighted by atomic mass is 32.2. The van der Waals surface area contributed by atoms with Crippen molar-refractivity contribution in [3.63, 3.8) is 0 Å². The summed E-state index contributed by atoms with van der Waals surface area (Å²) in [6.07, 6.45) is 3.91. The van der Waals surface area contributed by atoms with E-state index in [9.17, 15) is 13.2 Å². The van der Waals surface area contributed by atoms with Crippen molar-refractivity contribution in [3.8, 4) is 0 Å². The Hall–Kier alpha value is -1.81. The van der Waals surface area contributed by atoms with Gasteiger partial charge in [0.1, 0.15) is 12.0 Å². The maximum atomic E-state index is 13.1. The maximum Gasteiger partial charge on any atom is 0.259 e. The summed E-state index contributed by atoms with van der Waals surface area (Å²) in [6, 6.07) is 7.01. The van der Waals surface area contributed by atoms with E-state index < -0.39 is 24.5 Å². The van der Waals surface area contributed by atoms with E-state index in [2.05, 4.69) is 23.5 Å². The number of amides is 1. The predicted octanol–water partition coefficient (Wildman–Crippen LogP) is 3.58. The minimum atomic E-state index is -3.48. The molecule has 9 nitrogen and oxygen atoms in total. The van der Waals surface area contributed by atoms with Crippen LogP contribution in [0.4, 0.5) is 0 Å². The molecule has 36 heavy (non-hydrogen) atoms. The number of sulfone groups is 1. The normalized spacial score (nSPS) is 33.1. The molecule has 3 saturated heterocycles. The third-order valence-electron chi connectivity index (χ3n) is 7.28. The van der Waals surface area contributed by atoms with Crippen molar-refractivity contribution in [1.29, 1.82) is 0 Å². The minimum Gasteiger partial charge on any atom is -0.352 e. The van der Waals surface area contributed by atoms with Gasteiger partial charge in [0.2, 0.25) is 0 Å². The van der Waals surface area contributed by atoms with Crippen LogP contribution in [0.2, 0.25) is 0 Å². The molecule has 1 aromatic rings. The smallest absolute Gasteiger partial charge is 0.259 e. The molecule has 6 atom stereocenters. The van der Waals surface area contributed by atoms with Gasteiger partial charge < -0.3 is 24.0 Å². The Bertz CT molecular complexity index is 1160. The SMILES string of the molecule is C=C1NC(=O)C(C)=CN1[C@H]1C[C@@H](O[P@@]2O[C@H](CS(=O)(=O)c3ccc(C)cc3)[C@@H]3CCCN32)[C@@H](CC)O1. The van der Waals surface area contributed by atoms with Crippen molar-refractivity contribution < 1.29 is 27.0 Å². The number of ether oxygens (including phenoxy) is 1. The third kappa shape index (κ3) is 4.99. The fourth-order valence-electron chi connectivity index (χ4n) is 5.25. The first-order valence-corrected chi connectivity index (χ1v) is 15.3. The lowest BCUT2D eigenvalue weighted by Crippen LogP contribution is -2.42. The average molecular weight is 536 g/mol. The zero-order valence-corrected chi connectivity index (χ0v) is 22.6. The number of fused-ring (bicyclic) bond motifs is 1. The molecule has 0 spiro atoms. The second-order valence-electron chi connectivity index (χ2n) is 9.89. The molecule has 0 aliphatic carbocycles. The molecule has 1 amide bonds. The zero-order valence-electron chi connectivity index (χ0n) is 20.9. The molecule has 4 heterocycles. The molecule has 1 aromatic carbocycles. The Kier molecular flexibility index (Phi) is 7.29. The van der Waals surface area contributed by atoms with E-state index in [-0.39, 0.29) is 36.1 Å². The Labute approximate surface area is 214 Å². The van der Waals surface area contributed by atoms with Crippen molar-refractivity contribution in [1.82, 2.24) is 14.9 Å². The van der Waals surface area contributed by atoms with Crippen molar-refractivity contribution in [3.05, 3.63) is 54.0 Å². The van der Waals surface area contributed by atoms with Crippen LogP contribution in [-0.4, -0.2) is 66.8 Å². The van der Waals surface area contributed by atoms with E-state index in [1.54, 1.807) is 25.3 Å². The highest BCUT2D eigenvalue weighted by molar-refractivity contribution is 7.91. The van der Waals surface area contributed by atoms with Gasteiger partial charge in [0.15, 0.2) is 9.84 Å². The van der Waals surface area contributed by atoms with Crippen LogP contribution in [0.25, 0.3) is 0 Å². The van der Waals surface area contributed by atoms with Gasteiger partial charge in [-0.25, -0.2) is 13.1 Å². The van der Waals surface area contributed by atoms with Crippen molar-refractivity contribution in [2.24, 2.45) is 0 Å². The topological polar surface area (TPSA) is 97.4 Å². The van der Waals surface area contributed by atoms with Gasteiger partial charge in [-0.15, -0.1) is 0 Å². The largest absolute Gasteiger partial charge is 0.352 e. The number of carbonyl (C=O) groups excluding carboxylic acids is 1. The van der Waals surface area contributed by atoms with Crippen LogP contribution in [0.3, 0.4) is 0 Å². The summed E-state index contributed by atoms with van der Waals surface area (Å²) in [5.41, 5.74) is 1.61. The fourth-order valence-corrected chi connectivity index (χ4v) is 8.82. The maximum absolute atomic E-state index is 13.1. The lowest BCUT2D eigenvalue weighted by molar-refractivity contribution is -0.118. The first-order chi connectivity index (χ1) is 17.2. The van der Waals surface area contributed by atoms with Crippen LogP contribution < -0.4 is 5.32 Å². The molecule has 0 unspecified atom stereocenters. The fraction of sp³-hybridized carbons (Fsp3) is 0.560. The first-order valence-electron chi connectivity index (χ1n) is 12.5. The van der Waals surface area contributed by atoms with Gasteiger partial charge in [0.25, 0.3) is 14.4 Å². The molecule has 11 heteroatoms. The molecule has 0 saturated carbocycles. The average Bonchev–Trinajstić information content (AvgIpc) is 3.54. The number of benzene rings is 1. The standard InChI is InChI=1S/C25H34N3O6PS/c1-5-21-22(13-24(32-21)27-14-17(3)25(29)26-18(27)4)33-35-28-12-6-7-20(28)23(34-35)15-36(30,31)19-10-8-16(2)9-11-19/h8-11,14,20-24H,4-7,12-13,15H2,1-3H3,(H,26,29)/t20-,21+,22+,23+,24+,35-/m0/s1. The molecule has 4 aliphatic rings. The number of carbonyl (C=O) groups is 1. The lowest BCUT2D eigenvalue weighted by atomic mass is 10.1. The zero-order chi connectivity index (χ0) is 25.6. The molecule has 3 fully saturated rings. The molecule has 0 radical (unpaired) electrons. The summed E-state index contributed by atoms with van der Waals surface area (Å²) in [5.74, 6) is 0.260. The Morgan fingerprint density at radius 2 is 1.97 bits per heavy atom. The summed E-state index contributed by atoms with van der Waals surface area (Å²) >= 11 is 0. The molecule has 196 valence electrons. The van der Waals surface area contributed by atoms with Gasteiger partial charge in [0, 0.05) is 30.8 Å². The summed E-state index contributed by atoms with van der Waals surface area (Å²) in [7, 11) is -4.88. The Morgan fingerprint density at radius 1 is 1.22 bits per heavy atom. The lowest BCUT2D eigenvalue weighted by Gasteiger charge is -2.32. The molecule has 4 aliphatic heterocycles. The van der Waals surface area contributed by atoms with E-state index >= 15 is 0 Å². The third-order valence-corrected chi connectivity index (χ3v) is 10.9. The number of aryl methyl sites for hydroxylation is 1. The number of hydrogen-bond acceptors (Lipinski definition) is 8. The summed E-state index contributed by atoms with van der Waals surface area (Å²) in [5, 5.41) is 2.77. The van der Waals surface area contributed by atoms with Crippen LogP contribution >= 0.6 is 8.53 Å². The highest BCUT2D eigenvalue weighted by Crippen LogP contribution is 2.57. The van der Waals surface area contributed by atoms with Gasteiger partial charge in [-0.3, -0.25) is 4.79 Å². The molecular weight excluding hydrogens is 501 g/mol. The van der Waals surface area contributed by atoms with Gasteiger partial charge in [-0.2, -0.15) is 0 Å². The Balaban J connectivity index is 1.28. The molecule has 1 N–H and O–H groups in total. The quantitative estimate of drug-likeness (QED) is 0.530. The summed E-state index contributed by atoms with van der Waals surface area (Å²) < 4.78 is 47.7. The number of hydrogen-bond donors (Lipinski definition) is 1.